The first kappa shape index (κ1) is 16.7. The average molecular weight is 350 g/mol. The van der Waals surface area contributed by atoms with Crippen LogP contribution in [0.25, 0.3) is 10.8 Å². The number of aromatic nitrogens is 1. The standard InChI is InChI=1S/C21H22N2O3/c1-14-9-19(22-12-14)21(24)23-7-8-26-20(13-23)17-4-3-16-11-18(25-2)6-5-15(16)10-17/h3-6,9-12,20,22H,7-8,13H2,1-2H3/t20-/m0/s1. The number of nitrogens with one attached hydrogen (secondary N) is 1. The fourth-order valence-corrected chi connectivity index (χ4v) is 3.40. The maximum absolute atomic E-state index is 12.7. The summed E-state index contributed by atoms with van der Waals surface area (Å²) in [4.78, 5) is 17.6. The number of hydrogen-bond donors (Lipinski definition) is 1. The molecule has 1 aliphatic heterocycles. The molecule has 5 nitrogen and oxygen atoms in total. The number of ether oxygens (including phenoxy) is 2. The van der Waals surface area contributed by atoms with Crippen molar-refractivity contribution in [3.63, 3.8) is 0 Å². The van der Waals surface area contributed by atoms with Crippen LogP contribution in [0.3, 0.4) is 0 Å². The van der Waals surface area contributed by atoms with E-state index in [1.165, 1.54) is 0 Å². The summed E-state index contributed by atoms with van der Waals surface area (Å²) in [5, 5.41) is 2.26. The number of hydrogen-bond acceptors (Lipinski definition) is 3. The zero-order valence-corrected chi connectivity index (χ0v) is 15.0. The molecule has 0 spiro atoms. The maximum atomic E-state index is 12.7. The third kappa shape index (κ3) is 3.18. The van der Waals surface area contributed by atoms with E-state index in [0.717, 1.165) is 27.6 Å². The molecule has 3 aromatic rings. The molecule has 2 heterocycles. The van der Waals surface area contributed by atoms with Crippen molar-refractivity contribution in [1.29, 1.82) is 0 Å². The van der Waals surface area contributed by atoms with E-state index in [9.17, 15) is 4.79 Å². The van der Waals surface area contributed by atoms with Gasteiger partial charge in [-0.25, -0.2) is 0 Å². The number of amides is 1. The molecular weight excluding hydrogens is 328 g/mol. The SMILES string of the molecule is COc1ccc2cc([C@@H]3CN(C(=O)c4cc(C)c[nH]4)CCO3)ccc2c1. The Balaban J connectivity index is 1.55. The van der Waals surface area contributed by atoms with Crippen LogP contribution < -0.4 is 4.74 Å². The summed E-state index contributed by atoms with van der Waals surface area (Å²) in [7, 11) is 1.67. The third-order valence-electron chi connectivity index (χ3n) is 4.85. The predicted octanol–water partition coefficient (Wildman–Crippen LogP) is 3.70. The Bertz CT molecular complexity index is 947. The number of fused-ring (bicyclic) bond motifs is 1. The zero-order valence-electron chi connectivity index (χ0n) is 15.0. The molecule has 0 radical (unpaired) electrons. The van der Waals surface area contributed by atoms with Gasteiger partial charge in [0, 0.05) is 12.7 Å². The molecule has 1 amide bonds. The van der Waals surface area contributed by atoms with Crippen LogP contribution in [0, 0.1) is 6.92 Å². The Morgan fingerprint density at radius 1 is 1.19 bits per heavy atom. The Labute approximate surface area is 152 Å². The molecule has 4 rings (SSSR count). The first-order valence-corrected chi connectivity index (χ1v) is 8.77. The van der Waals surface area contributed by atoms with Crippen LogP contribution in [0.4, 0.5) is 0 Å². The van der Waals surface area contributed by atoms with Crippen LogP contribution in [-0.4, -0.2) is 42.6 Å². The summed E-state index contributed by atoms with van der Waals surface area (Å²) >= 11 is 0. The highest BCUT2D eigenvalue weighted by Gasteiger charge is 2.26. The second kappa shape index (κ2) is 6.84. The van der Waals surface area contributed by atoms with Gasteiger partial charge in [0.05, 0.1) is 20.3 Å². The number of carbonyl (C=O) groups excluding carboxylic acids is 1. The number of aromatic amines is 1. The van der Waals surface area contributed by atoms with Crippen LogP contribution >= 0.6 is 0 Å². The summed E-state index contributed by atoms with van der Waals surface area (Å²) in [6, 6.07) is 14.2. The lowest BCUT2D eigenvalue weighted by Crippen LogP contribution is -2.42. The van der Waals surface area contributed by atoms with Crippen molar-refractivity contribution in [2.24, 2.45) is 0 Å². The average Bonchev–Trinajstić information content (AvgIpc) is 3.13. The van der Waals surface area contributed by atoms with Crippen molar-refractivity contribution in [2.75, 3.05) is 26.8 Å². The quantitative estimate of drug-likeness (QED) is 0.784. The molecule has 2 aromatic carbocycles. The fraction of sp³-hybridized carbons (Fsp3) is 0.286. The molecule has 1 N–H and O–H groups in total. The molecule has 26 heavy (non-hydrogen) atoms. The Morgan fingerprint density at radius 3 is 2.77 bits per heavy atom. The predicted molar refractivity (Wildman–Crippen MR) is 101 cm³/mol. The van der Waals surface area contributed by atoms with Crippen molar-refractivity contribution in [3.05, 3.63) is 65.5 Å². The van der Waals surface area contributed by atoms with E-state index < -0.39 is 0 Å². The van der Waals surface area contributed by atoms with Crippen LogP contribution in [0.5, 0.6) is 5.75 Å². The summed E-state index contributed by atoms with van der Waals surface area (Å²) in [6.45, 7) is 3.67. The second-order valence-electron chi connectivity index (χ2n) is 6.67. The summed E-state index contributed by atoms with van der Waals surface area (Å²) < 4.78 is 11.2. The lowest BCUT2D eigenvalue weighted by molar-refractivity contribution is -0.0229. The van der Waals surface area contributed by atoms with Crippen molar-refractivity contribution in [2.45, 2.75) is 13.0 Å². The van der Waals surface area contributed by atoms with Gasteiger partial charge in [-0.1, -0.05) is 18.2 Å². The second-order valence-corrected chi connectivity index (χ2v) is 6.67. The number of nitrogens with zero attached hydrogens (tertiary/aromatic N) is 1. The number of H-pyrrole nitrogens is 1. The fourth-order valence-electron chi connectivity index (χ4n) is 3.40. The van der Waals surface area contributed by atoms with E-state index in [1.807, 2.05) is 42.3 Å². The molecule has 0 unspecified atom stereocenters. The topological polar surface area (TPSA) is 54.6 Å². The van der Waals surface area contributed by atoms with Gasteiger partial charge in [0.2, 0.25) is 0 Å². The molecule has 5 heteroatoms. The molecule has 1 aliphatic rings. The lowest BCUT2D eigenvalue weighted by atomic mass is 10.0. The van der Waals surface area contributed by atoms with Crippen molar-refractivity contribution in [3.8, 4) is 5.75 Å². The minimum Gasteiger partial charge on any atom is -0.497 e. The monoisotopic (exact) mass is 350 g/mol. The van der Waals surface area contributed by atoms with Crippen molar-refractivity contribution in [1.82, 2.24) is 9.88 Å². The maximum Gasteiger partial charge on any atom is 0.270 e. The van der Waals surface area contributed by atoms with E-state index in [0.29, 0.717) is 25.4 Å². The Morgan fingerprint density at radius 2 is 2.00 bits per heavy atom. The van der Waals surface area contributed by atoms with Gasteiger partial charge < -0.3 is 19.4 Å². The molecular formula is C21H22N2O3. The Kier molecular flexibility index (Phi) is 4.39. The minimum atomic E-state index is -0.115. The van der Waals surface area contributed by atoms with Crippen molar-refractivity contribution >= 4 is 16.7 Å². The summed E-state index contributed by atoms with van der Waals surface area (Å²) in [5.41, 5.74) is 2.78. The van der Waals surface area contributed by atoms with E-state index in [4.69, 9.17) is 9.47 Å². The van der Waals surface area contributed by atoms with Crippen LogP contribution in [-0.2, 0) is 4.74 Å². The number of morpholine rings is 1. The number of carbonyl (C=O) groups is 1. The highest BCUT2D eigenvalue weighted by Crippen LogP contribution is 2.28. The van der Waals surface area contributed by atoms with Gasteiger partial charge in [-0.15, -0.1) is 0 Å². The van der Waals surface area contributed by atoms with Gasteiger partial charge in [0.15, 0.2) is 0 Å². The van der Waals surface area contributed by atoms with Gasteiger partial charge in [0.1, 0.15) is 17.5 Å². The highest BCUT2D eigenvalue weighted by molar-refractivity contribution is 5.92. The molecule has 1 fully saturated rings. The van der Waals surface area contributed by atoms with Gasteiger partial charge >= 0.3 is 0 Å². The summed E-state index contributed by atoms with van der Waals surface area (Å²) in [6.07, 6.45) is 1.73. The van der Waals surface area contributed by atoms with Crippen molar-refractivity contribution < 1.29 is 14.3 Å². The lowest BCUT2D eigenvalue weighted by Gasteiger charge is -2.33. The molecule has 1 saturated heterocycles. The normalized spacial score (nSPS) is 17.5. The van der Waals surface area contributed by atoms with Gasteiger partial charge in [0.25, 0.3) is 5.91 Å². The zero-order chi connectivity index (χ0) is 18.1. The van der Waals surface area contributed by atoms with E-state index in [2.05, 4.69) is 23.2 Å². The van der Waals surface area contributed by atoms with Gasteiger partial charge in [-0.2, -0.15) is 0 Å². The molecule has 0 bridgehead atoms. The number of aryl methyl sites for hydroxylation is 1. The molecule has 0 aliphatic carbocycles. The largest absolute Gasteiger partial charge is 0.497 e. The minimum absolute atomic E-state index is 0.0249. The molecule has 1 aromatic heterocycles. The first-order chi connectivity index (χ1) is 12.6. The first-order valence-electron chi connectivity index (χ1n) is 8.77. The number of rotatable bonds is 3. The number of benzene rings is 2. The van der Waals surface area contributed by atoms with Gasteiger partial charge in [-0.05, 0) is 53.1 Å². The van der Waals surface area contributed by atoms with E-state index >= 15 is 0 Å². The van der Waals surface area contributed by atoms with Crippen LogP contribution in [0.2, 0.25) is 0 Å². The van der Waals surface area contributed by atoms with Crippen LogP contribution in [0.1, 0.15) is 27.7 Å². The Hall–Kier alpha value is -2.79. The smallest absolute Gasteiger partial charge is 0.270 e. The molecule has 1 atom stereocenters. The van der Waals surface area contributed by atoms with Gasteiger partial charge in [-0.3, -0.25) is 4.79 Å². The third-order valence-corrected chi connectivity index (χ3v) is 4.85. The highest BCUT2D eigenvalue weighted by atomic mass is 16.5. The van der Waals surface area contributed by atoms with E-state index in [-0.39, 0.29) is 12.0 Å². The molecule has 134 valence electrons. The van der Waals surface area contributed by atoms with E-state index in [1.54, 1.807) is 7.11 Å². The van der Waals surface area contributed by atoms with Crippen LogP contribution in [0.15, 0.2) is 48.7 Å². The molecule has 0 saturated carbocycles. The number of methoxy groups -OCH3 is 1. The summed E-state index contributed by atoms with van der Waals surface area (Å²) in [5.74, 6) is 0.870.